The van der Waals surface area contributed by atoms with Gasteiger partial charge in [0.2, 0.25) is 5.91 Å². The Morgan fingerprint density at radius 3 is 2.06 bits per heavy atom. The number of nitrogens with one attached hydrogen (secondary N) is 2. The van der Waals surface area contributed by atoms with Crippen molar-refractivity contribution >= 4 is 35.0 Å². The third kappa shape index (κ3) is 6.28. The Morgan fingerprint density at radius 2 is 1.44 bits per heavy atom. The van der Waals surface area contributed by atoms with Gasteiger partial charge in [0.15, 0.2) is 11.5 Å². The molecule has 166 valence electrons. The molecule has 0 aliphatic heterocycles. The second-order valence-corrected chi connectivity index (χ2v) is 8.31. The number of carbonyl (C=O) groups is 2. The fraction of sp³-hybridized carbons (Fsp3) is 0.200. The van der Waals surface area contributed by atoms with Gasteiger partial charge in [-0.05, 0) is 79.6 Å². The SMILES string of the molecule is COc1ccc(C(=O)Nc2ccc(SCC(=O)Nc3cc(C)cc(C)c3)cc2)cc1OC. The van der Waals surface area contributed by atoms with E-state index in [-0.39, 0.29) is 11.8 Å². The Labute approximate surface area is 192 Å². The number of hydrogen-bond donors (Lipinski definition) is 2. The van der Waals surface area contributed by atoms with Crippen LogP contribution in [0.2, 0.25) is 0 Å². The van der Waals surface area contributed by atoms with E-state index < -0.39 is 0 Å². The molecule has 0 bridgehead atoms. The van der Waals surface area contributed by atoms with Crippen molar-refractivity contribution in [1.82, 2.24) is 0 Å². The molecular formula is C25H26N2O4S. The van der Waals surface area contributed by atoms with Crippen LogP contribution >= 0.6 is 11.8 Å². The second-order valence-electron chi connectivity index (χ2n) is 7.26. The molecule has 0 fully saturated rings. The van der Waals surface area contributed by atoms with Crippen molar-refractivity contribution in [2.45, 2.75) is 18.7 Å². The molecule has 6 nitrogen and oxygen atoms in total. The number of amides is 2. The Hall–Kier alpha value is -3.45. The Bertz CT molecular complexity index is 1090. The number of aryl methyl sites for hydroxylation is 2. The molecule has 0 heterocycles. The van der Waals surface area contributed by atoms with Crippen LogP contribution in [0.3, 0.4) is 0 Å². The normalized spacial score (nSPS) is 10.4. The first kappa shape index (κ1) is 23.2. The van der Waals surface area contributed by atoms with Crippen LogP contribution in [0.1, 0.15) is 21.5 Å². The van der Waals surface area contributed by atoms with Gasteiger partial charge in [0.1, 0.15) is 0 Å². The van der Waals surface area contributed by atoms with Crippen LogP contribution in [-0.2, 0) is 4.79 Å². The topological polar surface area (TPSA) is 76.7 Å². The van der Waals surface area contributed by atoms with E-state index in [1.807, 2.05) is 50.2 Å². The first-order valence-corrected chi connectivity index (χ1v) is 11.0. The highest BCUT2D eigenvalue weighted by molar-refractivity contribution is 8.00. The van der Waals surface area contributed by atoms with Crippen molar-refractivity contribution < 1.29 is 19.1 Å². The minimum atomic E-state index is -0.251. The first-order valence-electron chi connectivity index (χ1n) is 10.0. The predicted molar refractivity (Wildman–Crippen MR) is 129 cm³/mol. The van der Waals surface area contributed by atoms with Gasteiger partial charge >= 0.3 is 0 Å². The molecule has 32 heavy (non-hydrogen) atoms. The molecule has 3 rings (SSSR count). The number of hydrogen-bond acceptors (Lipinski definition) is 5. The van der Waals surface area contributed by atoms with E-state index >= 15 is 0 Å². The number of anilines is 2. The first-order chi connectivity index (χ1) is 15.4. The van der Waals surface area contributed by atoms with Crippen LogP contribution in [-0.4, -0.2) is 31.8 Å². The van der Waals surface area contributed by atoms with Gasteiger partial charge < -0.3 is 20.1 Å². The summed E-state index contributed by atoms with van der Waals surface area (Å²) in [5.74, 6) is 1.03. The average Bonchev–Trinajstić information content (AvgIpc) is 2.77. The number of benzene rings is 3. The Morgan fingerprint density at radius 1 is 0.781 bits per heavy atom. The van der Waals surface area contributed by atoms with Crippen LogP contribution in [0, 0.1) is 13.8 Å². The fourth-order valence-electron chi connectivity index (χ4n) is 3.21. The van der Waals surface area contributed by atoms with E-state index in [4.69, 9.17) is 9.47 Å². The molecule has 0 atom stereocenters. The molecule has 0 radical (unpaired) electrons. The Balaban J connectivity index is 1.54. The minimum absolute atomic E-state index is 0.0640. The van der Waals surface area contributed by atoms with Gasteiger partial charge in [-0.2, -0.15) is 0 Å². The minimum Gasteiger partial charge on any atom is -0.493 e. The summed E-state index contributed by atoms with van der Waals surface area (Å²) in [6, 6.07) is 18.3. The lowest BCUT2D eigenvalue weighted by molar-refractivity contribution is -0.113. The third-order valence-corrected chi connectivity index (χ3v) is 5.65. The summed E-state index contributed by atoms with van der Waals surface area (Å²) in [7, 11) is 3.07. The highest BCUT2D eigenvalue weighted by Gasteiger charge is 2.11. The fourth-order valence-corrected chi connectivity index (χ4v) is 3.91. The lowest BCUT2D eigenvalue weighted by Gasteiger charge is -2.10. The van der Waals surface area contributed by atoms with Gasteiger partial charge in [-0.3, -0.25) is 9.59 Å². The molecule has 2 N–H and O–H groups in total. The van der Waals surface area contributed by atoms with E-state index in [0.717, 1.165) is 21.7 Å². The number of ether oxygens (including phenoxy) is 2. The monoisotopic (exact) mass is 450 g/mol. The standard InChI is InChI=1S/C25H26N2O4S/c1-16-11-17(2)13-20(12-16)26-24(28)15-32-21-8-6-19(7-9-21)27-25(29)18-5-10-22(30-3)23(14-18)31-4/h5-14H,15H2,1-4H3,(H,26,28)(H,27,29). The summed E-state index contributed by atoms with van der Waals surface area (Å²) < 4.78 is 10.4. The van der Waals surface area contributed by atoms with Crippen LogP contribution < -0.4 is 20.1 Å². The van der Waals surface area contributed by atoms with Gasteiger partial charge in [0.05, 0.1) is 20.0 Å². The zero-order valence-electron chi connectivity index (χ0n) is 18.5. The molecule has 0 aliphatic carbocycles. The van der Waals surface area contributed by atoms with Gasteiger partial charge in [-0.15, -0.1) is 11.8 Å². The average molecular weight is 451 g/mol. The maximum Gasteiger partial charge on any atom is 0.255 e. The lowest BCUT2D eigenvalue weighted by Crippen LogP contribution is -2.14. The number of rotatable bonds is 8. The van der Waals surface area contributed by atoms with Gasteiger partial charge in [0, 0.05) is 21.8 Å². The van der Waals surface area contributed by atoms with E-state index in [9.17, 15) is 9.59 Å². The largest absolute Gasteiger partial charge is 0.493 e. The van der Waals surface area contributed by atoms with Crippen LogP contribution in [0.4, 0.5) is 11.4 Å². The summed E-state index contributed by atoms with van der Waals surface area (Å²) >= 11 is 1.43. The summed E-state index contributed by atoms with van der Waals surface area (Å²) in [6.45, 7) is 4.01. The Kier molecular flexibility index (Phi) is 7.78. The van der Waals surface area contributed by atoms with E-state index in [2.05, 4.69) is 16.7 Å². The zero-order valence-corrected chi connectivity index (χ0v) is 19.3. The summed E-state index contributed by atoms with van der Waals surface area (Å²) in [5.41, 5.74) is 4.15. The highest BCUT2D eigenvalue weighted by Crippen LogP contribution is 2.28. The smallest absolute Gasteiger partial charge is 0.255 e. The molecule has 0 aromatic heterocycles. The van der Waals surface area contributed by atoms with Crippen molar-refractivity contribution in [2.24, 2.45) is 0 Å². The van der Waals surface area contributed by atoms with Crippen LogP contribution in [0.5, 0.6) is 11.5 Å². The lowest BCUT2D eigenvalue weighted by atomic mass is 10.1. The van der Waals surface area contributed by atoms with Crippen LogP contribution in [0.15, 0.2) is 65.6 Å². The van der Waals surface area contributed by atoms with Crippen molar-refractivity contribution in [3.05, 3.63) is 77.4 Å². The molecule has 0 aliphatic rings. The van der Waals surface area contributed by atoms with Crippen molar-refractivity contribution in [3.63, 3.8) is 0 Å². The van der Waals surface area contributed by atoms with E-state index in [1.165, 1.54) is 18.9 Å². The molecule has 3 aromatic rings. The molecule has 0 saturated carbocycles. The van der Waals surface area contributed by atoms with E-state index in [0.29, 0.717) is 28.5 Å². The molecule has 0 spiro atoms. The quantitative estimate of drug-likeness (QED) is 0.455. The molecular weight excluding hydrogens is 424 g/mol. The summed E-state index contributed by atoms with van der Waals surface area (Å²) in [4.78, 5) is 25.7. The molecule has 0 unspecified atom stereocenters. The van der Waals surface area contributed by atoms with Crippen molar-refractivity contribution in [1.29, 1.82) is 0 Å². The molecule has 2 amide bonds. The van der Waals surface area contributed by atoms with Crippen molar-refractivity contribution in [2.75, 3.05) is 30.6 Å². The summed E-state index contributed by atoms with van der Waals surface area (Å²) in [5, 5.41) is 5.79. The highest BCUT2D eigenvalue weighted by atomic mass is 32.2. The van der Waals surface area contributed by atoms with Crippen LogP contribution in [0.25, 0.3) is 0 Å². The molecule has 7 heteroatoms. The maximum absolute atomic E-state index is 12.5. The molecule has 3 aromatic carbocycles. The number of carbonyl (C=O) groups excluding carboxylic acids is 2. The zero-order chi connectivity index (χ0) is 23.1. The summed E-state index contributed by atoms with van der Waals surface area (Å²) in [6.07, 6.45) is 0. The van der Waals surface area contributed by atoms with Crippen molar-refractivity contribution in [3.8, 4) is 11.5 Å². The van der Waals surface area contributed by atoms with Gasteiger partial charge in [-0.25, -0.2) is 0 Å². The van der Waals surface area contributed by atoms with Gasteiger partial charge in [-0.1, -0.05) is 6.07 Å². The second kappa shape index (κ2) is 10.7. The predicted octanol–water partition coefficient (Wildman–Crippen LogP) is 5.30. The van der Waals surface area contributed by atoms with Gasteiger partial charge in [0.25, 0.3) is 5.91 Å². The van der Waals surface area contributed by atoms with E-state index in [1.54, 1.807) is 25.3 Å². The molecule has 0 saturated heterocycles. The maximum atomic E-state index is 12.5. The third-order valence-electron chi connectivity index (χ3n) is 4.63. The number of thioether (sulfide) groups is 1. The number of methoxy groups -OCH3 is 2.